The number of hydrogen-bond donors (Lipinski definition) is 6. The molecular formula is C51H91O12P. The minimum absolute atomic E-state index is 0.131. The lowest BCUT2D eigenvalue weighted by Gasteiger charge is -2.41. The van der Waals surface area contributed by atoms with Crippen LogP contribution in [0.5, 0.6) is 0 Å². The summed E-state index contributed by atoms with van der Waals surface area (Å²) >= 11 is 0. The molecule has 372 valence electrons. The van der Waals surface area contributed by atoms with Gasteiger partial charge in [-0.25, -0.2) is 4.57 Å². The fourth-order valence-electron chi connectivity index (χ4n) is 7.42. The largest absolute Gasteiger partial charge is 0.498 e. The van der Waals surface area contributed by atoms with Gasteiger partial charge in [0, 0.05) is 6.42 Å². The number of aliphatic hydroxyl groups excluding tert-OH is 5. The minimum atomic E-state index is -5.05. The van der Waals surface area contributed by atoms with Crippen molar-refractivity contribution in [2.45, 2.75) is 243 Å². The Morgan fingerprint density at radius 1 is 0.500 bits per heavy atom. The topological polar surface area (TPSA) is 192 Å². The van der Waals surface area contributed by atoms with E-state index < -0.39 is 63.1 Å². The minimum Gasteiger partial charge on any atom is -0.498 e. The fraction of sp³-hybridized carbons (Fsp3) is 0.784. The van der Waals surface area contributed by atoms with Crippen molar-refractivity contribution in [2.75, 3.05) is 13.2 Å². The van der Waals surface area contributed by atoms with Crippen LogP contribution >= 0.6 is 7.82 Å². The van der Waals surface area contributed by atoms with Crippen molar-refractivity contribution in [3.8, 4) is 0 Å². The summed E-state index contributed by atoms with van der Waals surface area (Å²) in [7, 11) is -5.05. The Morgan fingerprint density at radius 2 is 0.875 bits per heavy atom. The summed E-state index contributed by atoms with van der Waals surface area (Å²) in [4.78, 5) is 23.2. The van der Waals surface area contributed by atoms with Gasteiger partial charge >= 0.3 is 13.8 Å². The lowest BCUT2D eigenvalue weighted by molar-refractivity contribution is -0.220. The van der Waals surface area contributed by atoms with Gasteiger partial charge in [0.1, 0.15) is 43.2 Å². The van der Waals surface area contributed by atoms with E-state index in [1.165, 1.54) is 122 Å². The Balaban J connectivity index is 2.42. The van der Waals surface area contributed by atoms with Crippen LogP contribution in [0.15, 0.2) is 60.9 Å². The molecule has 1 aliphatic rings. The molecule has 0 aromatic rings. The smallest absolute Gasteiger partial charge is 0.472 e. The van der Waals surface area contributed by atoms with E-state index in [1.807, 2.05) is 6.08 Å². The summed E-state index contributed by atoms with van der Waals surface area (Å²) in [5.41, 5.74) is 0. The van der Waals surface area contributed by atoms with Gasteiger partial charge < -0.3 is 39.9 Å². The first-order valence-corrected chi connectivity index (χ1v) is 26.7. The van der Waals surface area contributed by atoms with Gasteiger partial charge in [-0.3, -0.25) is 13.8 Å². The molecule has 12 nitrogen and oxygen atoms in total. The summed E-state index contributed by atoms with van der Waals surface area (Å²) in [5, 5.41) is 50.2. The van der Waals surface area contributed by atoms with Gasteiger partial charge in [0.2, 0.25) is 0 Å². The van der Waals surface area contributed by atoms with Crippen LogP contribution in [0.2, 0.25) is 0 Å². The van der Waals surface area contributed by atoms with Crippen molar-refractivity contribution in [1.29, 1.82) is 0 Å². The molecule has 1 rings (SSSR count). The maximum Gasteiger partial charge on any atom is 0.472 e. The highest BCUT2D eigenvalue weighted by Crippen LogP contribution is 2.47. The van der Waals surface area contributed by atoms with Crippen molar-refractivity contribution in [1.82, 2.24) is 0 Å². The highest BCUT2D eigenvalue weighted by atomic mass is 31.2. The molecule has 6 unspecified atom stereocenters. The van der Waals surface area contributed by atoms with Crippen LogP contribution in [0.3, 0.4) is 0 Å². The van der Waals surface area contributed by atoms with Crippen molar-refractivity contribution >= 4 is 13.8 Å². The number of ether oxygens (including phenoxy) is 2. The number of carbonyl (C=O) groups excluding carboxylic acids is 1. The molecule has 6 N–H and O–H groups in total. The zero-order valence-corrected chi connectivity index (χ0v) is 40.7. The van der Waals surface area contributed by atoms with E-state index >= 15 is 0 Å². The van der Waals surface area contributed by atoms with Crippen molar-refractivity contribution < 1.29 is 58.3 Å². The molecule has 1 saturated carbocycles. The van der Waals surface area contributed by atoms with Crippen LogP contribution in [0.25, 0.3) is 0 Å². The van der Waals surface area contributed by atoms with Gasteiger partial charge in [0.25, 0.3) is 0 Å². The van der Waals surface area contributed by atoms with Crippen molar-refractivity contribution in [2.24, 2.45) is 0 Å². The Morgan fingerprint density at radius 3 is 1.36 bits per heavy atom. The van der Waals surface area contributed by atoms with Gasteiger partial charge in [-0.1, -0.05) is 178 Å². The van der Waals surface area contributed by atoms with E-state index in [0.29, 0.717) is 6.42 Å². The predicted octanol–water partition coefficient (Wildman–Crippen LogP) is 11.3. The molecule has 0 amide bonds. The number of aliphatic hydroxyl groups is 5. The normalized spacial score (nSPS) is 22.1. The van der Waals surface area contributed by atoms with Crippen molar-refractivity contribution in [3.05, 3.63) is 60.9 Å². The maximum atomic E-state index is 12.8. The third kappa shape index (κ3) is 32.5. The van der Waals surface area contributed by atoms with Gasteiger partial charge in [-0.05, 0) is 70.3 Å². The van der Waals surface area contributed by atoms with Crippen LogP contribution in [-0.4, -0.2) is 92.3 Å². The number of rotatable bonds is 42. The second-order valence-corrected chi connectivity index (χ2v) is 18.8. The lowest BCUT2D eigenvalue weighted by atomic mass is 9.85. The van der Waals surface area contributed by atoms with Gasteiger partial charge in [0.15, 0.2) is 6.10 Å². The maximum absolute atomic E-state index is 12.8. The summed E-state index contributed by atoms with van der Waals surface area (Å²) in [6.07, 6.45) is 40.8. The standard InChI is InChI=1S/C51H91O12P/c1-3-5-7-9-11-13-15-17-19-21-23-24-26-28-30-32-34-36-38-40-45(52)62-44(43-61-64(58,59)63-51-49(56)47(54)46(53)48(55)50(51)57)42-60-41-39-37-35-33-31-29-27-25-22-20-18-16-14-12-10-8-6-4-2/h11,13,17,19,23-24,28,30,39,41,44,46-51,53-57H,3-10,12,14-16,18,20-22,25-27,29,31-38,40,42-43H2,1-2H3,(H,58,59)/b13-11-,19-17-,24-23-,30-28-,41-39-/t44-,46?,47-,48?,49?,50?,51?/m1/s1. The average molecular weight is 927 g/mol. The van der Waals surface area contributed by atoms with Crippen LogP contribution in [-0.2, 0) is 27.9 Å². The number of hydrogen-bond acceptors (Lipinski definition) is 11. The van der Waals surface area contributed by atoms with Crippen LogP contribution in [0, 0.1) is 0 Å². The second kappa shape index (κ2) is 41.1. The first kappa shape index (κ1) is 59.9. The molecule has 64 heavy (non-hydrogen) atoms. The van der Waals surface area contributed by atoms with Crippen molar-refractivity contribution in [3.63, 3.8) is 0 Å². The lowest BCUT2D eigenvalue weighted by Crippen LogP contribution is -2.64. The molecule has 0 aliphatic heterocycles. The third-order valence-corrected chi connectivity index (χ3v) is 12.4. The highest BCUT2D eigenvalue weighted by Gasteiger charge is 2.51. The van der Waals surface area contributed by atoms with Gasteiger partial charge in [-0.2, -0.15) is 0 Å². The summed E-state index contributed by atoms with van der Waals surface area (Å²) in [6, 6.07) is 0. The zero-order chi connectivity index (χ0) is 46.9. The summed E-state index contributed by atoms with van der Waals surface area (Å²) < 4.78 is 34.0. The molecule has 0 spiro atoms. The molecule has 0 aromatic carbocycles. The molecule has 8 atom stereocenters. The quantitative estimate of drug-likeness (QED) is 0.0112. The van der Waals surface area contributed by atoms with Crippen LogP contribution in [0.1, 0.15) is 200 Å². The molecule has 0 radical (unpaired) electrons. The van der Waals surface area contributed by atoms with Crippen LogP contribution in [0.4, 0.5) is 0 Å². The van der Waals surface area contributed by atoms with E-state index in [-0.39, 0.29) is 13.0 Å². The Hall–Kier alpha value is -2.12. The number of allylic oxidation sites excluding steroid dienone is 9. The van der Waals surface area contributed by atoms with E-state index in [4.69, 9.17) is 18.5 Å². The second-order valence-electron chi connectivity index (χ2n) is 17.4. The number of phosphoric ester groups is 1. The summed E-state index contributed by atoms with van der Waals surface area (Å²) in [6.45, 7) is 3.68. The Bertz CT molecular complexity index is 1290. The average Bonchev–Trinajstić information content (AvgIpc) is 3.28. The van der Waals surface area contributed by atoms with E-state index in [1.54, 1.807) is 0 Å². The molecule has 1 fully saturated rings. The van der Waals surface area contributed by atoms with Gasteiger partial charge in [0.05, 0.1) is 12.9 Å². The number of unbranched alkanes of at least 4 members (excludes halogenated alkanes) is 22. The van der Waals surface area contributed by atoms with E-state index in [0.717, 1.165) is 57.8 Å². The first-order chi connectivity index (χ1) is 31.0. The van der Waals surface area contributed by atoms with E-state index in [2.05, 4.69) is 62.5 Å². The summed E-state index contributed by atoms with van der Waals surface area (Å²) in [5.74, 6) is -0.529. The fourth-order valence-corrected chi connectivity index (χ4v) is 8.40. The zero-order valence-electron chi connectivity index (χ0n) is 39.8. The molecular weight excluding hydrogens is 836 g/mol. The third-order valence-electron chi connectivity index (χ3n) is 11.5. The highest BCUT2D eigenvalue weighted by molar-refractivity contribution is 7.47. The molecule has 1 aliphatic carbocycles. The SMILES string of the molecule is CCCCC/C=C\C/C=C\C/C=C\C/C=C\CCCCCC(=O)O[C@H](CO/C=C\CCCCCCCCCCCCCCCCCC)COP(=O)(O)OC1C(O)C(O)C(O)[C@@H](O)C1O. The molecule has 13 heteroatoms. The molecule has 0 aromatic heterocycles. The number of carbonyl (C=O) groups is 1. The Kier molecular flexibility index (Phi) is 38.5. The molecule has 0 heterocycles. The van der Waals surface area contributed by atoms with E-state index in [9.17, 15) is 39.8 Å². The monoisotopic (exact) mass is 927 g/mol. The number of phosphoric acid groups is 1. The predicted molar refractivity (Wildman–Crippen MR) is 257 cm³/mol. The molecule has 0 bridgehead atoms. The van der Waals surface area contributed by atoms with Gasteiger partial charge in [-0.15, -0.1) is 0 Å². The number of esters is 1. The molecule has 0 saturated heterocycles. The first-order valence-electron chi connectivity index (χ1n) is 25.2. The van der Waals surface area contributed by atoms with Crippen LogP contribution < -0.4 is 0 Å². The Labute approximate surface area is 387 Å².